The van der Waals surface area contributed by atoms with Crippen LogP contribution in [-0.2, 0) is 0 Å². The third-order valence-corrected chi connectivity index (χ3v) is 5.63. The number of amides is 1. The fraction of sp³-hybridized carbons (Fsp3) is 0.318. The number of methoxy groups -OCH3 is 4. The zero-order chi connectivity index (χ0) is 21.8. The summed E-state index contributed by atoms with van der Waals surface area (Å²) in [6.07, 6.45) is 2.64. The Labute approximate surface area is 183 Å². The maximum absolute atomic E-state index is 13.0. The molecular formula is C22H24BrNO6. The van der Waals surface area contributed by atoms with Gasteiger partial charge >= 0.3 is 0 Å². The first kappa shape index (κ1) is 21.8. The smallest absolute Gasteiger partial charge is 0.254 e. The average Bonchev–Trinajstić information content (AvgIpc) is 2.79. The Morgan fingerprint density at radius 2 is 1.60 bits per heavy atom. The van der Waals surface area contributed by atoms with Gasteiger partial charge in [-0.25, -0.2) is 0 Å². The summed E-state index contributed by atoms with van der Waals surface area (Å²) in [6, 6.07) is 6.76. The Hall–Kier alpha value is -2.87. The molecule has 8 heteroatoms. The lowest BCUT2D eigenvalue weighted by atomic mass is 9.96. The summed E-state index contributed by atoms with van der Waals surface area (Å²) in [5.74, 6) is 2.03. The maximum atomic E-state index is 13.0. The molecule has 0 saturated heterocycles. The largest absolute Gasteiger partial charge is 0.503 e. The first-order valence-electron chi connectivity index (χ1n) is 9.28. The van der Waals surface area contributed by atoms with Crippen LogP contribution in [0.15, 0.2) is 34.8 Å². The molecule has 1 aliphatic heterocycles. The van der Waals surface area contributed by atoms with Gasteiger partial charge < -0.3 is 29.0 Å². The molecule has 160 valence electrons. The second kappa shape index (κ2) is 9.30. The zero-order valence-electron chi connectivity index (χ0n) is 17.3. The van der Waals surface area contributed by atoms with E-state index in [-0.39, 0.29) is 17.4 Å². The number of halogens is 1. The summed E-state index contributed by atoms with van der Waals surface area (Å²) in [4.78, 5) is 14.7. The molecule has 0 bridgehead atoms. The third kappa shape index (κ3) is 4.18. The molecule has 1 N–H and O–H groups in total. The van der Waals surface area contributed by atoms with Gasteiger partial charge in [0, 0.05) is 30.8 Å². The van der Waals surface area contributed by atoms with Gasteiger partial charge in [0.05, 0.1) is 38.5 Å². The predicted octanol–water partition coefficient (Wildman–Crippen LogP) is 4.12. The van der Waals surface area contributed by atoms with Gasteiger partial charge in [0.25, 0.3) is 5.91 Å². The third-order valence-electron chi connectivity index (χ3n) is 5.03. The van der Waals surface area contributed by atoms with E-state index in [1.165, 1.54) is 13.2 Å². The lowest BCUT2D eigenvalue weighted by Gasteiger charge is -2.28. The highest BCUT2D eigenvalue weighted by Crippen LogP contribution is 2.41. The van der Waals surface area contributed by atoms with Crippen molar-refractivity contribution in [2.75, 3.05) is 41.5 Å². The molecule has 30 heavy (non-hydrogen) atoms. The van der Waals surface area contributed by atoms with Crippen LogP contribution in [0.4, 0.5) is 0 Å². The second-order valence-electron chi connectivity index (χ2n) is 6.65. The topological polar surface area (TPSA) is 77.5 Å². The number of nitrogens with zero attached hydrogens (tertiary/aromatic N) is 1. The van der Waals surface area contributed by atoms with E-state index in [1.807, 2.05) is 18.2 Å². The molecule has 1 aliphatic rings. The molecule has 0 aliphatic carbocycles. The lowest BCUT2D eigenvalue weighted by Crippen LogP contribution is -2.34. The van der Waals surface area contributed by atoms with Crippen molar-refractivity contribution in [1.82, 2.24) is 4.90 Å². The monoisotopic (exact) mass is 477 g/mol. The SMILES string of the molecule is COc1cc(OC)c(C2=CCN(C(=O)c3cc(Br)c(O)c(OC)c3)CC2)c(OC)c1. The Morgan fingerprint density at radius 1 is 0.967 bits per heavy atom. The normalized spacial score (nSPS) is 13.5. The molecule has 1 heterocycles. The fourth-order valence-corrected chi connectivity index (χ4v) is 3.88. The van der Waals surface area contributed by atoms with Crippen LogP contribution in [-0.4, -0.2) is 57.4 Å². The number of ether oxygens (including phenoxy) is 4. The first-order chi connectivity index (χ1) is 14.4. The van der Waals surface area contributed by atoms with Gasteiger partial charge in [-0.1, -0.05) is 6.08 Å². The molecule has 0 saturated carbocycles. The van der Waals surface area contributed by atoms with Crippen molar-refractivity contribution in [2.45, 2.75) is 6.42 Å². The van der Waals surface area contributed by atoms with Gasteiger partial charge in [-0.2, -0.15) is 0 Å². The Bertz CT molecular complexity index is 963. The lowest BCUT2D eigenvalue weighted by molar-refractivity contribution is 0.0772. The molecule has 2 aromatic carbocycles. The zero-order valence-corrected chi connectivity index (χ0v) is 18.9. The Kier molecular flexibility index (Phi) is 6.77. The van der Waals surface area contributed by atoms with Crippen molar-refractivity contribution in [1.29, 1.82) is 0 Å². The van der Waals surface area contributed by atoms with Crippen LogP contribution in [0.2, 0.25) is 0 Å². The highest BCUT2D eigenvalue weighted by atomic mass is 79.9. The highest BCUT2D eigenvalue weighted by molar-refractivity contribution is 9.10. The molecule has 0 unspecified atom stereocenters. The fourth-order valence-electron chi connectivity index (χ4n) is 3.44. The van der Waals surface area contributed by atoms with Crippen molar-refractivity contribution in [3.8, 4) is 28.7 Å². The van der Waals surface area contributed by atoms with Crippen molar-refractivity contribution in [3.63, 3.8) is 0 Å². The van der Waals surface area contributed by atoms with Crippen LogP contribution >= 0.6 is 15.9 Å². The molecule has 0 aromatic heterocycles. The number of hydrogen-bond donors (Lipinski definition) is 1. The van der Waals surface area contributed by atoms with E-state index in [2.05, 4.69) is 15.9 Å². The van der Waals surface area contributed by atoms with Crippen LogP contribution in [0.5, 0.6) is 28.7 Å². The summed E-state index contributed by atoms with van der Waals surface area (Å²) in [5.41, 5.74) is 2.34. The summed E-state index contributed by atoms with van der Waals surface area (Å²) in [5, 5.41) is 9.97. The van der Waals surface area contributed by atoms with E-state index in [0.717, 1.165) is 11.1 Å². The van der Waals surface area contributed by atoms with Crippen LogP contribution < -0.4 is 18.9 Å². The van der Waals surface area contributed by atoms with Crippen molar-refractivity contribution < 1.29 is 28.8 Å². The number of benzene rings is 2. The van der Waals surface area contributed by atoms with Gasteiger partial charge in [-0.05, 0) is 40.1 Å². The van der Waals surface area contributed by atoms with Gasteiger partial charge in [0.2, 0.25) is 0 Å². The van der Waals surface area contributed by atoms with E-state index in [9.17, 15) is 9.90 Å². The molecule has 2 aromatic rings. The summed E-state index contributed by atoms with van der Waals surface area (Å²) in [6.45, 7) is 0.969. The van der Waals surface area contributed by atoms with Crippen LogP contribution in [0, 0.1) is 0 Å². The standard InChI is InChI=1S/C22H24BrNO6/c1-27-15-11-17(28-2)20(18(12-15)29-3)13-5-7-24(8-6-13)22(26)14-9-16(23)21(25)19(10-14)30-4/h5,9-12,25H,6-8H2,1-4H3. The van der Waals surface area contributed by atoms with Crippen LogP contribution in [0.25, 0.3) is 5.57 Å². The van der Waals surface area contributed by atoms with E-state index < -0.39 is 0 Å². The number of hydrogen-bond acceptors (Lipinski definition) is 6. The molecule has 0 spiro atoms. The molecule has 7 nitrogen and oxygen atoms in total. The summed E-state index contributed by atoms with van der Waals surface area (Å²) < 4.78 is 22.0. The van der Waals surface area contributed by atoms with Gasteiger partial charge in [-0.3, -0.25) is 4.79 Å². The van der Waals surface area contributed by atoms with Crippen molar-refractivity contribution in [3.05, 3.63) is 45.9 Å². The minimum Gasteiger partial charge on any atom is -0.503 e. The van der Waals surface area contributed by atoms with Gasteiger partial charge in [-0.15, -0.1) is 0 Å². The van der Waals surface area contributed by atoms with Gasteiger partial charge in [0.1, 0.15) is 17.2 Å². The van der Waals surface area contributed by atoms with Crippen LogP contribution in [0.3, 0.4) is 0 Å². The van der Waals surface area contributed by atoms with E-state index >= 15 is 0 Å². The average molecular weight is 478 g/mol. The number of phenolic OH excluding ortho intramolecular Hbond substituents is 1. The minimum absolute atomic E-state index is 0.0337. The Morgan fingerprint density at radius 3 is 2.10 bits per heavy atom. The molecule has 0 radical (unpaired) electrons. The maximum Gasteiger partial charge on any atom is 0.254 e. The van der Waals surface area contributed by atoms with E-state index in [1.54, 1.807) is 32.3 Å². The highest BCUT2D eigenvalue weighted by Gasteiger charge is 2.24. The second-order valence-corrected chi connectivity index (χ2v) is 7.50. The van der Waals surface area contributed by atoms with Crippen molar-refractivity contribution in [2.24, 2.45) is 0 Å². The molecule has 3 rings (SSSR count). The van der Waals surface area contributed by atoms with Gasteiger partial charge in [0.15, 0.2) is 11.5 Å². The number of carbonyl (C=O) groups excluding carboxylic acids is 1. The molecular weight excluding hydrogens is 454 g/mol. The number of aromatic hydroxyl groups is 1. The molecule has 1 amide bonds. The van der Waals surface area contributed by atoms with Crippen molar-refractivity contribution >= 4 is 27.4 Å². The summed E-state index contributed by atoms with van der Waals surface area (Å²) >= 11 is 3.26. The quantitative estimate of drug-likeness (QED) is 0.674. The molecule has 0 fully saturated rings. The van der Waals surface area contributed by atoms with E-state index in [4.69, 9.17) is 18.9 Å². The Balaban J connectivity index is 1.87. The first-order valence-corrected chi connectivity index (χ1v) is 10.1. The number of rotatable bonds is 6. The summed E-state index contributed by atoms with van der Waals surface area (Å²) in [7, 11) is 6.25. The predicted molar refractivity (Wildman–Crippen MR) is 117 cm³/mol. The number of phenols is 1. The minimum atomic E-state index is -0.141. The van der Waals surface area contributed by atoms with Crippen LogP contribution in [0.1, 0.15) is 22.3 Å². The van der Waals surface area contributed by atoms with E-state index in [0.29, 0.717) is 46.8 Å². The number of carbonyl (C=O) groups is 1. The molecule has 0 atom stereocenters.